The molecule has 32 heavy (non-hydrogen) atoms. The van der Waals surface area contributed by atoms with E-state index in [1.807, 2.05) is 16.5 Å². The molecule has 4 rings (SSSR count). The van der Waals surface area contributed by atoms with Gasteiger partial charge in [0.05, 0.1) is 19.3 Å². The van der Waals surface area contributed by atoms with Crippen molar-refractivity contribution in [2.75, 3.05) is 25.5 Å². The average Bonchev–Trinajstić information content (AvgIpc) is 3.26. The summed E-state index contributed by atoms with van der Waals surface area (Å²) in [4.78, 5) is 35.8. The summed E-state index contributed by atoms with van der Waals surface area (Å²) in [6, 6.07) is 10.5. The van der Waals surface area contributed by atoms with E-state index >= 15 is 0 Å². The predicted molar refractivity (Wildman–Crippen MR) is 119 cm³/mol. The molecule has 3 heterocycles. The molecule has 1 saturated heterocycles. The first kappa shape index (κ1) is 21.5. The number of carbonyl (C=O) groups is 2. The number of carbonyl (C=O) groups excluding carboxylic acids is 2. The predicted octanol–water partition coefficient (Wildman–Crippen LogP) is 3.03. The Morgan fingerprint density at radius 2 is 1.78 bits per heavy atom. The fraction of sp³-hybridized carbons (Fsp3) is 0.348. The highest BCUT2D eigenvalue weighted by Gasteiger charge is 2.27. The van der Waals surface area contributed by atoms with Crippen LogP contribution in [0.3, 0.4) is 0 Å². The molecular weight excluding hydrogens is 408 g/mol. The number of aryl methyl sites for hydroxylation is 2. The first-order valence-corrected chi connectivity index (χ1v) is 10.5. The molecule has 0 bridgehead atoms. The molecule has 9 heteroatoms. The van der Waals surface area contributed by atoms with Gasteiger partial charge in [0.15, 0.2) is 0 Å². The second kappa shape index (κ2) is 9.17. The molecule has 0 unspecified atom stereocenters. The smallest absolute Gasteiger partial charge is 0.272 e. The second-order valence-corrected chi connectivity index (χ2v) is 7.81. The lowest BCUT2D eigenvalue weighted by molar-refractivity contribution is 0.0684. The van der Waals surface area contributed by atoms with Gasteiger partial charge in [-0.1, -0.05) is 0 Å². The molecule has 0 aliphatic carbocycles. The summed E-state index contributed by atoms with van der Waals surface area (Å²) in [6.45, 7) is 4.83. The minimum absolute atomic E-state index is 0.0782. The fourth-order valence-electron chi connectivity index (χ4n) is 3.94. The first-order chi connectivity index (χ1) is 15.4. The van der Waals surface area contributed by atoms with Gasteiger partial charge in [-0.15, -0.1) is 0 Å². The van der Waals surface area contributed by atoms with E-state index in [0.717, 1.165) is 18.5 Å². The van der Waals surface area contributed by atoms with Crippen LogP contribution in [0.15, 0.2) is 42.6 Å². The fourth-order valence-corrected chi connectivity index (χ4v) is 3.94. The molecule has 166 valence electrons. The largest absolute Gasteiger partial charge is 0.497 e. The average molecular weight is 435 g/mol. The Morgan fingerprint density at radius 1 is 1.06 bits per heavy atom. The summed E-state index contributed by atoms with van der Waals surface area (Å²) in [7, 11) is 1.59. The van der Waals surface area contributed by atoms with E-state index in [9.17, 15) is 9.59 Å². The van der Waals surface area contributed by atoms with Crippen LogP contribution < -0.4 is 10.1 Å². The standard InChI is InChI=1S/C23H26N6O3/c1-15-14-20(26-16(2)25-15)23(31)28-12-9-18(10-13-28)29-21(8-11-24-29)27-22(30)17-4-6-19(32-3)7-5-17/h4-8,11,14,18H,9-10,12-13H2,1-3H3,(H,27,30). The van der Waals surface area contributed by atoms with Crippen molar-refractivity contribution >= 4 is 17.6 Å². The van der Waals surface area contributed by atoms with Gasteiger partial charge in [0, 0.05) is 30.4 Å². The highest BCUT2D eigenvalue weighted by molar-refractivity contribution is 6.03. The van der Waals surface area contributed by atoms with Gasteiger partial charge < -0.3 is 15.0 Å². The number of nitrogens with zero attached hydrogens (tertiary/aromatic N) is 5. The molecular formula is C23H26N6O3. The number of hydrogen-bond acceptors (Lipinski definition) is 6. The highest BCUT2D eigenvalue weighted by atomic mass is 16.5. The zero-order valence-electron chi connectivity index (χ0n) is 18.4. The Bertz CT molecular complexity index is 1100. The molecule has 1 aliphatic rings. The molecule has 1 fully saturated rings. The van der Waals surface area contributed by atoms with Crippen molar-refractivity contribution in [2.24, 2.45) is 0 Å². The monoisotopic (exact) mass is 434 g/mol. The van der Waals surface area contributed by atoms with Crippen molar-refractivity contribution in [1.29, 1.82) is 0 Å². The van der Waals surface area contributed by atoms with E-state index in [1.165, 1.54) is 0 Å². The third-order valence-corrected chi connectivity index (χ3v) is 5.55. The van der Waals surface area contributed by atoms with Gasteiger partial charge in [-0.05, 0) is 57.0 Å². The van der Waals surface area contributed by atoms with Crippen LogP contribution in [-0.4, -0.2) is 56.7 Å². The van der Waals surface area contributed by atoms with Gasteiger partial charge >= 0.3 is 0 Å². The van der Waals surface area contributed by atoms with Gasteiger partial charge in [0.25, 0.3) is 11.8 Å². The molecule has 3 aromatic rings. The molecule has 0 radical (unpaired) electrons. The number of methoxy groups -OCH3 is 1. The second-order valence-electron chi connectivity index (χ2n) is 7.81. The van der Waals surface area contributed by atoms with E-state index in [0.29, 0.717) is 41.7 Å². The zero-order chi connectivity index (χ0) is 22.7. The molecule has 0 spiro atoms. The normalized spacial score (nSPS) is 14.3. The summed E-state index contributed by atoms with van der Waals surface area (Å²) >= 11 is 0. The highest BCUT2D eigenvalue weighted by Crippen LogP contribution is 2.26. The van der Waals surface area contributed by atoms with Crippen molar-refractivity contribution in [3.63, 3.8) is 0 Å². The van der Waals surface area contributed by atoms with Crippen LogP contribution in [0.5, 0.6) is 5.75 Å². The maximum atomic E-state index is 12.9. The topological polar surface area (TPSA) is 102 Å². The maximum absolute atomic E-state index is 12.9. The van der Waals surface area contributed by atoms with E-state index in [4.69, 9.17) is 4.74 Å². The van der Waals surface area contributed by atoms with Gasteiger partial charge in [0.1, 0.15) is 23.1 Å². The molecule has 2 aromatic heterocycles. The molecule has 0 atom stereocenters. The van der Waals surface area contributed by atoms with E-state index in [2.05, 4.69) is 20.4 Å². The Labute approximate surface area is 186 Å². The number of nitrogens with one attached hydrogen (secondary N) is 1. The summed E-state index contributed by atoms with van der Waals surface area (Å²) in [5.41, 5.74) is 1.75. The summed E-state index contributed by atoms with van der Waals surface area (Å²) in [5.74, 6) is 1.64. The lowest BCUT2D eigenvalue weighted by atomic mass is 10.0. The molecule has 1 aromatic carbocycles. The number of ether oxygens (including phenoxy) is 1. The Hall–Kier alpha value is -3.75. The number of hydrogen-bond donors (Lipinski definition) is 1. The van der Waals surface area contributed by atoms with Crippen LogP contribution in [0.25, 0.3) is 0 Å². The van der Waals surface area contributed by atoms with Crippen molar-refractivity contribution in [2.45, 2.75) is 32.7 Å². The van der Waals surface area contributed by atoms with Gasteiger partial charge in [-0.2, -0.15) is 5.10 Å². The lowest BCUT2D eigenvalue weighted by Gasteiger charge is -2.32. The van der Waals surface area contributed by atoms with Crippen molar-refractivity contribution in [3.8, 4) is 5.75 Å². The first-order valence-electron chi connectivity index (χ1n) is 10.5. The van der Waals surface area contributed by atoms with Gasteiger partial charge in [-0.25, -0.2) is 14.6 Å². The minimum Gasteiger partial charge on any atom is -0.497 e. The van der Waals surface area contributed by atoms with Crippen molar-refractivity contribution in [1.82, 2.24) is 24.6 Å². The number of piperidine rings is 1. The SMILES string of the molecule is COc1ccc(C(=O)Nc2ccnn2C2CCN(C(=O)c3cc(C)nc(C)n3)CC2)cc1. The minimum atomic E-state index is -0.212. The number of likely N-dealkylation sites (tertiary alicyclic amines) is 1. The number of rotatable bonds is 5. The van der Waals surface area contributed by atoms with Gasteiger partial charge in [-0.3, -0.25) is 9.59 Å². The number of anilines is 1. The third-order valence-electron chi connectivity index (χ3n) is 5.55. The molecule has 1 aliphatic heterocycles. The number of benzene rings is 1. The maximum Gasteiger partial charge on any atom is 0.272 e. The van der Waals surface area contributed by atoms with Crippen LogP contribution in [0, 0.1) is 13.8 Å². The summed E-state index contributed by atoms with van der Waals surface area (Å²) in [5, 5.41) is 7.36. The Kier molecular flexibility index (Phi) is 6.16. The van der Waals surface area contributed by atoms with Crippen molar-refractivity contribution < 1.29 is 14.3 Å². The van der Waals surface area contributed by atoms with Crippen molar-refractivity contribution in [3.05, 3.63) is 65.4 Å². The zero-order valence-corrected chi connectivity index (χ0v) is 18.4. The van der Waals surface area contributed by atoms with Crippen LogP contribution in [0.2, 0.25) is 0 Å². The number of aromatic nitrogens is 4. The van der Waals surface area contributed by atoms with E-state index in [-0.39, 0.29) is 17.9 Å². The van der Waals surface area contributed by atoms with E-state index < -0.39 is 0 Å². The van der Waals surface area contributed by atoms with Gasteiger partial charge in [0.2, 0.25) is 0 Å². The third kappa shape index (κ3) is 4.61. The molecule has 9 nitrogen and oxygen atoms in total. The molecule has 2 amide bonds. The lowest BCUT2D eigenvalue weighted by Crippen LogP contribution is -2.40. The number of amides is 2. The van der Waals surface area contributed by atoms with Crippen LogP contribution in [0.1, 0.15) is 51.2 Å². The van der Waals surface area contributed by atoms with Crippen LogP contribution in [0.4, 0.5) is 5.82 Å². The Morgan fingerprint density at radius 3 is 2.44 bits per heavy atom. The molecule has 0 saturated carbocycles. The Balaban J connectivity index is 1.39. The summed E-state index contributed by atoms with van der Waals surface area (Å²) < 4.78 is 6.97. The quantitative estimate of drug-likeness (QED) is 0.662. The van der Waals surface area contributed by atoms with Crippen LogP contribution in [-0.2, 0) is 0 Å². The van der Waals surface area contributed by atoms with E-state index in [1.54, 1.807) is 56.6 Å². The summed E-state index contributed by atoms with van der Waals surface area (Å²) in [6.07, 6.45) is 3.15. The van der Waals surface area contributed by atoms with Crippen LogP contribution >= 0.6 is 0 Å². The molecule has 1 N–H and O–H groups in total.